The van der Waals surface area contributed by atoms with Crippen LogP contribution in [0.1, 0.15) is 145 Å². The van der Waals surface area contributed by atoms with Gasteiger partial charge in [0, 0.05) is 34.6 Å². The minimum atomic E-state index is -1.13. The van der Waals surface area contributed by atoms with Crippen molar-refractivity contribution < 1.29 is 34.1 Å². The molecule has 10 rings (SSSR count). The fourth-order valence-corrected chi connectivity index (χ4v) is 14.2. The average molecular weight is 881 g/mol. The molecule has 3 aromatic rings. The number of nitrogens with zero attached hydrogens (tertiary/aromatic N) is 1. The van der Waals surface area contributed by atoms with Gasteiger partial charge in [-0.15, -0.1) is 0 Å². The van der Waals surface area contributed by atoms with E-state index in [0.29, 0.717) is 68.4 Å². The molecule has 1 heterocycles. The van der Waals surface area contributed by atoms with Crippen LogP contribution >= 0.6 is 11.6 Å². The molecule has 1 amide bonds. The highest BCUT2D eigenvalue weighted by molar-refractivity contribution is 6.30. The third-order valence-electron chi connectivity index (χ3n) is 16.5. The number of nitrogens with one attached hydrogen (secondary N) is 2. The highest BCUT2D eigenvalue weighted by Gasteiger charge is 2.55. The fraction of sp³-hybridized carbons (Fsp3) is 0.615. The molecule has 63 heavy (non-hydrogen) atoms. The Labute approximate surface area is 377 Å². The zero-order chi connectivity index (χ0) is 43.9. The summed E-state index contributed by atoms with van der Waals surface area (Å²) in [6, 6.07) is 14.8. The largest absolute Gasteiger partial charge is 0.494 e. The van der Waals surface area contributed by atoms with Gasteiger partial charge < -0.3 is 30.3 Å². The molecule has 7 aliphatic carbocycles. The molecule has 2 unspecified atom stereocenters. The van der Waals surface area contributed by atoms with Gasteiger partial charge >= 0.3 is 11.9 Å². The summed E-state index contributed by atoms with van der Waals surface area (Å²) in [6.45, 7) is 5.46. The number of pyridine rings is 1. The van der Waals surface area contributed by atoms with Gasteiger partial charge in [0.1, 0.15) is 23.1 Å². The van der Waals surface area contributed by atoms with E-state index in [0.717, 1.165) is 86.3 Å². The van der Waals surface area contributed by atoms with Gasteiger partial charge in [0.15, 0.2) is 0 Å². The highest BCUT2D eigenvalue weighted by atomic mass is 35.5. The zero-order valence-corrected chi connectivity index (χ0v) is 37.9. The van der Waals surface area contributed by atoms with Crippen molar-refractivity contribution >= 4 is 35.1 Å². The lowest BCUT2D eigenvalue weighted by molar-refractivity contribution is -0.145. The first-order chi connectivity index (χ1) is 30.3. The minimum Gasteiger partial charge on any atom is -0.494 e. The molecule has 2 aromatic carbocycles. The van der Waals surface area contributed by atoms with Crippen molar-refractivity contribution in [3.05, 3.63) is 82.1 Å². The van der Waals surface area contributed by atoms with Crippen LogP contribution in [0, 0.1) is 35.0 Å². The fourth-order valence-electron chi connectivity index (χ4n) is 14.0. The van der Waals surface area contributed by atoms with Crippen molar-refractivity contribution in [1.29, 1.82) is 0 Å². The molecule has 1 aromatic heterocycles. The normalized spacial score (nSPS) is 31.1. The Balaban J connectivity index is 0.863. The Kier molecular flexibility index (Phi) is 12.5. The van der Waals surface area contributed by atoms with E-state index in [4.69, 9.17) is 21.1 Å². The number of hydrogen-bond donors (Lipinski definition) is 4. The van der Waals surface area contributed by atoms with Crippen LogP contribution in [0.3, 0.4) is 0 Å². The first kappa shape index (κ1) is 43.9. The zero-order valence-electron chi connectivity index (χ0n) is 37.1. The van der Waals surface area contributed by atoms with E-state index < -0.39 is 23.5 Å². The molecule has 7 aliphatic rings. The van der Waals surface area contributed by atoms with E-state index >= 15 is 0 Å². The van der Waals surface area contributed by atoms with E-state index in [2.05, 4.69) is 41.6 Å². The number of benzene rings is 2. The number of ether oxygens (including phenoxy) is 2. The second-order valence-corrected chi connectivity index (χ2v) is 21.5. The van der Waals surface area contributed by atoms with E-state index in [-0.39, 0.29) is 35.0 Å². The van der Waals surface area contributed by atoms with Gasteiger partial charge in [0.25, 0.3) is 0 Å². The van der Waals surface area contributed by atoms with Crippen LogP contribution in [0.5, 0.6) is 11.5 Å². The van der Waals surface area contributed by atoms with Crippen LogP contribution in [-0.2, 0) is 32.6 Å². The minimum absolute atomic E-state index is 0.0581. The molecule has 10 nitrogen and oxygen atoms in total. The lowest BCUT2D eigenvalue weighted by atomic mass is 9.48. The average Bonchev–Trinajstić information content (AvgIpc) is 3.52. The SMILES string of the molecule is C[C@@H](COc1ccnc2c1[C@H](C)CCC2)CC1Cc2ccc(OCCCC(=O)NC(CC34CC5CC(CC(C5)C3)C4)C(=O)O)cc2C12CCC(Nc1cccc(Cl)c1)(C(=O)O)CC2. The number of halogens is 1. The van der Waals surface area contributed by atoms with Gasteiger partial charge in [-0.3, -0.25) is 9.78 Å². The molecule has 0 aliphatic heterocycles. The molecule has 4 N–H and O–H groups in total. The van der Waals surface area contributed by atoms with E-state index in [1.54, 1.807) is 12.1 Å². The maximum Gasteiger partial charge on any atom is 0.329 e. The van der Waals surface area contributed by atoms with E-state index in [1.807, 2.05) is 30.5 Å². The van der Waals surface area contributed by atoms with Crippen molar-refractivity contribution in [2.45, 2.75) is 152 Å². The van der Waals surface area contributed by atoms with Crippen LogP contribution in [0.25, 0.3) is 0 Å². The number of carboxylic acids is 2. The van der Waals surface area contributed by atoms with Gasteiger partial charge in [-0.1, -0.05) is 37.6 Å². The molecule has 338 valence electrons. The number of anilines is 1. The first-order valence-electron chi connectivity index (χ1n) is 24.0. The Hall–Kier alpha value is -4.31. The molecular weight excluding hydrogens is 814 g/mol. The Morgan fingerprint density at radius 2 is 1.70 bits per heavy atom. The van der Waals surface area contributed by atoms with Gasteiger partial charge in [0.05, 0.1) is 13.2 Å². The summed E-state index contributed by atoms with van der Waals surface area (Å²) in [5.41, 5.74) is 4.33. The highest BCUT2D eigenvalue weighted by Crippen LogP contribution is 2.62. The second kappa shape index (κ2) is 17.9. The monoisotopic (exact) mass is 879 g/mol. The summed E-state index contributed by atoms with van der Waals surface area (Å²) in [5.74, 6) is 2.81. The molecule has 4 bridgehead atoms. The van der Waals surface area contributed by atoms with Crippen molar-refractivity contribution in [2.75, 3.05) is 18.5 Å². The summed E-state index contributed by atoms with van der Waals surface area (Å²) < 4.78 is 12.9. The molecular formula is C52H66ClN3O7. The Bertz CT molecular complexity index is 2150. The number of carbonyl (C=O) groups is 3. The van der Waals surface area contributed by atoms with E-state index in [9.17, 15) is 24.6 Å². The summed E-state index contributed by atoms with van der Waals surface area (Å²) in [5, 5.41) is 27.7. The number of aryl methyl sites for hydroxylation is 1. The number of carboxylic acid groups (broad SMARTS) is 2. The predicted molar refractivity (Wildman–Crippen MR) is 244 cm³/mol. The number of fused-ring (bicyclic) bond motifs is 3. The Morgan fingerprint density at radius 1 is 0.952 bits per heavy atom. The topological polar surface area (TPSA) is 147 Å². The molecule has 0 radical (unpaired) electrons. The van der Waals surface area contributed by atoms with Gasteiger partial charge in [-0.05, 0) is 203 Å². The van der Waals surface area contributed by atoms with E-state index in [1.165, 1.54) is 36.0 Å². The molecule has 0 saturated heterocycles. The van der Waals surface area contributed by atoms with Gasteiger partial charge in [0.2, 0.25) is 5.91 Å². The van der Waals surface area contributed by atoms with Gasteiger partial charge in [-0.25, -0.2) is 9.59 Å². The molecule has 5 saturated carbocycles. The molecule has 1 spiro atoms. The maximum atomic E-state index is 13.2. The standard InChI is InChI=1S/C52H66ClN3O7/c1-32(31-63-45-13-18-54-43-9-3-6-33(2)47(43)45)20-38-24-37-11-12-41(26-42(37)51(38)14-16-52(17-15-51,49(60)61)56-40-8-4-7-39(53)25-40)62-19-5-10-46(57)55-44(48(58)59)30-50-27-34-21-35(28-50)23-36(22-34)29-50/h4,7-8,11-13,18,25-26,32-36,38,44,56H,3,5-6,9-10,14-17,19-24,27-31H2,1-2H3,(H,55,57)(H,58,59)(H,60,61)/t32-,33-,34?,35?,36?,38?,44?,50?,51?,52?/m1/s1. The smallest absolute Gasteiger partial charge is 0.329 e. The Morgan fingerprint density at radius 3 is 2.40 bits per heavy atom. The van der Waals surface area contributed by atoms with Crippen molar-refractivity contribution in [3.63, 3.8) is 0 Å². The first-order valence-corrected chi connectivity index (χ1v) is 24.3. The van der Waals surface area contributed by atoms with Crippen LogP contribution < -0.4 is 20.1 Å². The van der Waals surface area contributed by atoms with Crippen LogP contribution in [0.4, 0.5) is 5.69 Å². The van der Waals surface area contributed by atoms with Crippen LogP contribution in [0.15, 0.2) is 54.7 Å². The summed E-state index contributed by atoms with van der Waals surface area (Å²) >= 11 is 6.32. The molecule has 11 heteroatoms. The van der Waals surface area contributed by atoms with Crippen LogP contribution in [0.2, 0.25) is 5.02 Å². The van der Waals surface area contributed by atoms with Crippen LogP contribution in [-0.4, -0.2) is 57.8 Å². The maximum absolute atomic E-state index is 13.2. The number of carbonyl (C=O) groups excluding carboxylic acids is 1. The quantitative estimate of drug-likeness (QED) is 0.0973. The number of rotatable bonds is 17. The number of aromatic nitrogens is 1. The number of amides is 1. The van der Waals surface area contributed by atoms with Crippen molar-refractivity contribution in [3.8, 4) is 11.5 Å². The summed E-state index contributed by atoms with van der Waals surface area (Å²) in [7, 11) is 0. The second-order valence-electron chi connectivity index (χ2n) is 21.0. The number of aliphatic carboxylic acids is 2. The third kappa shape index (κ3) is 9.17. The van der Waals surface area contributed by atoms with Gasteiger partial charge in [-0.2, -0.15) is 0 Å². The lowest BCUT2D eigenvalue weighted by Gasteiger charge is -2.57. The number of hydrogen-bond acceptors (Lipinski definition) is 7. The van der Waals surface area contributed by atoms with Crippen molar-refractivity contribution in [2.24, 2.45) is 35.0 Å². The molecule has 4 atom stereocenters. The summed E-state index contributed by atoms with van der Waals surface area (Å²) in [4.78, 5) is 43.4. The summed E-state index contributed by atoms with van der Waals surface area (Å²) in [6.07, 6.45) is 17.7. The molecule has 5 fully saturated rings. The predicted octanol–water partition coefficient (Wildman–Crippen LogP) is 10.5. The third-order valence-corrected chi connectivity index (χ3v) is 16.8. The van der Waals surface area contributed by atoms with Crippen molar-refractivity contribution in [1.82, 2.24) is 10.3 Å². The lowest BCUT2D eigenvalue weighted by Crippen LogP contribution is -2.53.